The van der Waals surface area contributed by atoms with Gasteiger partial charge < -0.3 is 34.1 Å². The van der Waals surface area contributed by atoms with Gasteiger partial charge in [0.05, 0.1) is 27.9 Å². The number of hydrogen-bond donors (Lipinski definition) is 2. The fourth-order valence-corrected chi connectivity index (χ4v) is 6.37. The summed E-state index contributed by atoms with van der Waals surface area (Å²) in [5, 5.41) is 12.2. The molecular formula is C36H36Br2N2O7. The molecule has 2 atom stereocenters. The fourth-order valence-electron chi connectivity index (χ4n) is 5.45. The Morgan fingerprint density at radius 2 is 1.57 bits per heavy atom. The standard InChI is InChI=1S/C36H36Br2N2O7/c1-43-30-19-23(20-31(44-2)32(30)45-3)22-39-35(42)36(21-25-9-4-6-11-28(25)37)33(27-10-5-7-12-29(27)38)47-34(40-36)24-13-15-26(16-14-24)46-18-8-17-41/h4-7,9-16,19-20,33,41H,8,17-18,21-22H2,1-3H3,(H,39,42)/t33-,36-/m1/s1. The molecular weight excluding hydrogens is 732 g/mol. The highest BCUT2D eigenvalue weighted by Gasteiger charge is 2.54. The van der Waals surface area contributed by atoms with Gasteiger partial charge in [-0.05, 0) is 59.7 Å². The normalized spacial score (nSPS) is 17.0. The molecule has 1 amide bonds. The van der Waals surface area contributed by atoms with Gasteiger partial charge in [-0.3, -0.25) is 4.79 Å². The van der Waals surface area contributed by atoms with E-state index in [4.69, 9.17) is 33.8 Å². The molecule has 0 spiro atoms. The van der Waals surface area contributed by atoms with Crippen molar-refractivity contribution in [3.8, 4) is 23.0 Å². The molecule has 0 radical (unpaired) electrons. The zero-order chi connectivity index (χ0) is 33.4. The van der Waals surface area contributed by atoms with Gasteiger partial charge in [0.1, 0.15) is 5.75 Å². The average Bonchev–Trinajstić information content (AvgIpc) is 3.48. The van der Waals surface area contributed by atoms with Gasteiger partial charge in [0, 0.05) is 46.1 Å². The smallest absolute Gasteiger partial charge is 0.252 e. The number of halogens is 2. The van der Waals surface area contributed by atoms with Crippen molar-refractivity contribution < 1.29 is 33.6 Å². The lowest BCUT2D eigenvalue weighted by Crippen LogP contribution is -2.49. The Morgan fingerprint density at radius 1 is 0.915 bits per heavy atom. The molecule has 0 unspecified atom stereocenters. The summed E-state index contributed by atoms with van der Waals surface area (Å²) in [6.07, 6.45) is 0.00188. The second kappa shape index (κ2) is 15.7. The molecule has 0 aromatic heterocycles. The maximum Gasteiger partial charge on any atom is 0.252 e. The Morgan fingerprint density at radius 3 is 2.19 bits per heavy atom. The van der Waals surface area contributed by atoms with Gasteiger partial charge in [-0.15, -0.1) is 0 Å². The van der Waals surface area contributed by atoms with Crippen LogP contribution in [0.15, 0.2) is 98.9 Å². The Labute approximate surface area is 291 Å². The number of amides is 1. The van der Waals surface area contributed by atoms with Crippen molar-refractivity contribution >= 4 is 43.7 Å². The number of hydrogen-bond acceptors (Lipinski definition) is 8. The molecule has 1 aliphatic rings. The van der Waals surface area contributed by atoms with Crippen LogP contribution < -0.4 is 24.3 Å². The average molecular weight is 768 g/mol. The third-order valence-electron chi connectivity index (χ3n) is 7.81. The van der Waals surface area contributed by atoms with Crippen LogP contribution >= 0.6 is 31.9 Å². The van der Waals surface area contributed by atoms with Crippen LogP contribution in [-0.2, 0) is 22.5 Å². The van der Waals surface area contributed by atoms with E-state index in [2.05, 4.69) is 37.2 Å². The topological polar surface area (TPSA) is 108 Å². The molecule has 47 heavy (non-hydrogen) atoms. The van der Waals surface area contributed by atoms with Crippen molar-refractivity contribution in [3.63, 3.8) is 0 Å². The van der Waals surface area contributed by atoms with E-state index >= 15 is 0 Å². The first-order valence-electron chi connectivity index (χ1n) is 15.0. The summed E-state index contributed by atoms with van der Waals surface area (Å²) in [5.41, 5.74) is 1.73. The Kier molecular flexibility index (Phi) is 11.4. The highest BCUT2D eigenvalue weighted by Crippen LogP contribution is 2.45. The largest absolute Gasteiger partial charge is 0.494 e. The third kappa shape index (κ3) is 7.58. The van der Waals surface area contributed by atoms with Crippen LogP contribution in [0.4, 0.5) is 0 Å². The lowest BCUT2D eigenvalue weighted by Gasteiger charge is -2.31. The first kappa shape index (κ1) is 34.3. The number of methoxy groups -OCH3 is 3. The lowest BCUT2D eigenvalue weighted by molar-refractivity contribution is -0.129. The van der Waals surface area contributed by atoms with Crippen molar-refractivity contribution in [2.24, 2.45) is 4.99 Å². The lowest BCUT2D eigenvalue weighted by atomic mass is 9.82. The van der Waals surface area contributed by atoms with Gasteiger partial charge in [0.2, 0.25) is 11.6 Å². The summed E-state index contributed by atoms with van der Waals surface area (Å²) in [5.74, 6) is 2.11. The molecule has 4 aromatic carbocycles. The predicted octanol–water partition coefficient (Wildman–Crippen LogP) is 6.81. The number of nitrogens with one attached hydrogen (secondary N) is 1. The van der Waals surface area contributed by atoms with E-state index in [0.717, 1.165) is 25.6 Å². The molecule has 0 fully saturated rings. The summed E-state index contributed by atoms with van der Waals surface area (Å²) in [6, 6.07) is 26.4. The van der Waals surface area contributed by atoms with Crippen LogP contribution in [0, 0.1) is 0 Å². The third-order valence-corrected chi connectivity index (χ3v) is 9.31. The minimum absolute atomic E-state index is 0.0559. The van der Waals surface area contributed by atoms with Gasteiger partial charge in [0.15, 0.2) is 23.1 Å². The minimum atomic E-state index is -1.40. The van der Waals surface area contributed by atoms with Gasteiger partial charge >= 0.3 is 0 Å². The maximum absolute atomic E-state index is 14.7. The van der Waals surface area contributed by atoms with Crippen molar-refractivity contribution in [1.82, 2.24) is 5.32 Å². The number of nitrogens with zero attached hydrogens (tertiary/aromatic N) is 1. The first-order valence-corrected chi connectivity index (χ1v) is 16.6. The monoisotopic (exact) mass is 766 g/mol. The van der Waals surface area contributed by atoms with Crippen LogP contribution in [0.2, 0.25) is 0 Å². The van der Waals surface area contributed by atoms with Crippen LogP contribution in [0.1, 0.15) is 34.8 Å². The van der Waals surface area contributed by atoms with E-state index in [-0.39, 0.29) is 25.5 Å². The Hall–Kier alpha value is -4.06. The molecule has 246 valence electrons. The van der Waals surface area contributed by atoms with E-state index in [1.807, 2.05) is 72.8 Å². The highest BCUT2D eigenvalue weighted by atomic mass is 79.9. The van der Waals surface area contributed by atoms with Crippen molar-refractivity contribution in [2.75, 3.05) is 34.5 Å². The maximum atomic E-state index is 14.7. The quantitative estimate of drug-likeness (QED) is 0.136. The van der Waals surface area contributed by atoms with Crippen molar-refractivity contribution in [3.05, 3.63) is 116 Å². The minimum Gasteiger partial charge on any atom is -0.494 e. The second-order valence-corrected chi connectivity index (χ2v) is 12.5. The van der Waals surface area contributed by atoms with Crippen LogP contribution in [0.3, 0.4) is 0 Å². The van der Waals surface area contributed by atoms with Gasteiger partial charge in [0.25, 0.3) is 5.91 Å². The highest BCUT2D eigenvalue weighted by molar-refractivity contribution is 9.10. The summed E-state index contributed by atoms with van der Waals surface area (Å²) in [7, 11) is 4.64. The van der Waals surface area contributed by atoms with Crippen LogP contribution in [-0.4, -0.2) is 57.0 Å². The number of aliphatic imine (C=N–C) groups is 1. The van der Waals surface area contributed by atoms with Crippen molar-refractivity contribution in [1.29, 1.82) is 0 Å². The van der Waals surface area contributed by atoms with Crippen LogP contribution in [0.5, 0.6) is 23.0 Å². The van der Waals surface area contributed by atoms with E-state index < -0.39 is 11.6 Å². The molecule has 0 aliphatic carbocycles. The van der Waals surface area contributed by atoms with Crippen molar-refractivity contribution in [2.45, 2.75) is 31.0 Å². The summed E-state index contributed by atoms with van der Waals surface area (Å²) < 4.78 is 30.6. The number of aliphatic hydroxyl groups is 1. The summed E-state index contributed by atoms with van der Waals surface area (Å²) >= 11 is 7.38. The molecule has 0 bridgehead atoms. The number of rotatable bonds is 14. The number of carbonyl (C=O) groups excluding carboxylic acids is 1. The number of carbonyl (C=O) groups is 1. The molecule has 5 rings (SSSR count). The van der Waals surface area contributed by atoms with E-state index in [9.17, 15) is 4.79 Å². The predicted molar refractivity (Wildman–Crippen MR) is 187 cm³/mol. The number of aliphatic hydroxyl groups excluding tert-OH is 1. The van der Waals surface area contributed by atoms with E-state index in [1.54, 1.807) is 33.5 Å². The molecule has 9 nitrogen and oxygen atoms in total. The molecule has 0 saturated heterocycles. The van der Waals surface area contributed by atoms with E-state index in [0.29, 0.717) is 47.5 Å². The Balaban J connectivity index is 1.58. The molecule has 1 aliphatic heterocycles. The molecule has 0 saturated carbocycles. The second-order valence-electron chi connectivity index (χ2n) is 10.8. The molecule has 4 aromatic rings. The molecule has 2 N–H and O–H groups in total. The SMILES string of the molecule is COc1cc(CNC(=O)[C@]2(Cc3ccccc3Br)N=C(c3ccc(OCCCO)cc3)O[C@@H]2c2ccccc2Br)cc(OC)c1OC. The number of benzene rings is 4. The fraction of sp³-hybridized carbons (Fsp3) is 0.278. The zero-order valence-electron chi connectivity index (χ0n) is 26.3. The molecule has 11 heteroatoms. The first-order chi connectivity index (χ1) is 22.8. The number of ether oxygens (including phenoxy) is 5. The zero-order valence-corrected chi connectivity index (χ0v) is 29.5. The van der Waals surface area contributed by atoms with Gasteiger partial charge in [-0.2, -0.15) is 0 Å². The molecule has 1 heterocycles. The summed E-state index contributed by atoms with van der Waals surface area (Å²) in [4.78, 5) is 19.8. The van der Waals surface area contributed by atoms with E-state index in [1.165, 1.54) is 0 Å². The van der Waals surface area contributed by atoms with Gasteiger partial charge in [-0.25, -0.2) is 4.99 Å². The van der Waals surface area contributed by atoms with Crippen LogP contribution in [0.25, 0.3) is 0 Å². The van der Waals surface area contributed by atoms with Gasteiger partial charge in [-0.1, -0.05) is 68.3 Å². The Bertz CT molecular complexity index is 1710. The summed E-state index contributed by atoms with van der Waals surface area (Å²) in [6.45, 7) is 0.625.